The van der Waals surface area contributed by atoms with Gasteiger partial charge in [-0.15, -0.1) is 0 Å². The van der Waals surface area contributed by atoms with E-state index in [0.29, 0.717) is 17.4 Å². The fourth-order valence-corrected chi connectivity index (χ4v) is 8.03. The Morgan fingerprint density at radius 2 is 0.910 bits per heavy atom. The monoisotopic (exact) mass is 955 g/mol. The third-order valence-corrected chi connectivity index (χ3v) is 12.5. The predicted molar refractivity (Wildman–Crippen MR) is 288 cm³/mol. The van der Waals surface area contributed by atoms with Gasteiger partial charge in [0.15, 0.2) is 0 Å². The van der Waals surface area contributed by atoms with Gasteiger partial charge < -0.3 is 28.8 Å². The van der Waals surface area contributed by atoms with Crippen LogP contribution in [0.4, 0.5) is 0 Å². The summed E-state index contributed by atoms with van der Waals surface area (Å²) in [6.45, 7) is 4.43. The zero-order valence-electron chi connectivity index (χ0n) is 43.8. The van der Waals surface area contributed by atoms with Crippen LogP contribution in [0, 0.1) is 0 Å². The number of carbonyl (C=O) groups excluding carboxylic acids is 1. The number of hydrogen-bond acceptors (Lipinski definition) is 6. The third-order valence-electron chi connectivity index (χ3n) is 11.5. The SMILES string of the molecule is CC/C=C\C/C=C\C/C=C\C/C=C\C/C=C\C/C=C\C/C=C\CCCCCCCCCCCCCCCCCCCC(=O)NC(COP(=O)([O-])OCC[N+](C)(C)C)C(O)/C=C/CCCCCC. The lowest BCUT2D eigenvalue weighted by atomic mass is 10.0. The van der Waals surface area contributed by atoms with Gasteiger partial charge in [0.05, 0.1) is 39.9 Å². The Balaban J connectivity index is 3.83. The van der Waals surface area contributed by atoms with Crippen molar-refractivity contribution in [3.63, 3.8) is 0 Å². The van der Waals surface area contributed by atoms with E-state index in [4.69, 9.17) is 9.05 Å². The number of nitrogens with one attached hydrogen (secondary N) is 1. The number of allylic oxidation sites excluding steroid dienone is 15. The lowest BCUT2D eigenvalue weighted by molar-refractivity contribution is -0.870. The molecule has 0 aliphatic heterocycles. The van der Waals surface area contributed by atoms with Crippen molar-refractivity contribution in [3.05, 3.63) is 97.2 Å². The average molecular weight is 955 g/mol. The van der Waals surface area contributed by atoms with Crippen molar-refractivity contribution in [2.45, 2.75) is 225 Å². The number of carbonyl (C=O) groups is 1. The maximum absolute atomic E-state index is 12.8. The van der Waals surface area contributed by atoms with Gasteiger partial charge in [-0.2, -0.15) is 0 Å². The quantitative estimate of drug-likeness (QED) is 0.0272. The highest BCUT2D eigenvalue weighted by atomic mass is 31.2. The number of aliphatic hydroxyl groups excluding tert-OH is 1. The van der Waals surface area contributed by atoms with Crippen LogP contribution in [0.5, 0.6) is 0 Å². The minimum Gasteiger partial charge on any atom is -0.756 e. The first kappa shape index (κ1) is 64.4. The summed E-state index contributed by atoms with van der Waals surface area (Å²) in [6.07, 6.45) is 69.6. The predicted octanol–water partition coefficient (Wildman–Crippen LogP) is 15.6. The van der Waals surface area contributed by atoms with E-state index in [9.17, 15) is 19.4 Å². The highest BCUT2D eigenvalue weighted by molar-refractivity contribution is 7.45. The van der Waals surface area contributed by atoms with Gasteiger partial charge in [0, 0.05) is 6.42 Å². The molecule has 0 fully saturated rings. The van der Waals surface area contributed by atoms with Crippen LogP contribution in [0.3, 0.4) is 0 Å². The molecule has 3 atom stereocenters. The zero-order valence-corrected chi connectivity index (χ0v) is 44.7. The topological polar surface area (TPSA) is 108 Å². The molecule has 0 spiro atoms. The fraction of sp³-hybridized carbons (Fsp3) is 0.707. The molecule has 3 unspecified atom stereocenters. The minimum absolute atomic E-state index is 0.00409. The van der Waals surface area contributed by atoms with Gasteiger partial charge in [-0.1, -0.05) is 227 Å². The molecule has 0 aromatic carbocycles. The maximum atomic E-state index is 12.8. The molecule has 0 heterocycles. The van der Waals surface area contributed by atoms with Crippen LogP contribution in [-0.4, -0.2) is 68.5 Å². The van der Waals surface area contributed by atoms with Crippen molar-refractivity contribution in [3.8, 4) is 0 Å². The molecule has 9 heteroatoms. The van der Waals surface area contributed by atoms with Crippen molar-refractivity contribution < 1.29 is 32.9 Å². The summed E-state index contributed by atoms with van der Waals surface area (Å²) in [5.41, 5.74) is 0. The molecule has 0 saturated heterocycles. The van der Waals surface area contributed by atoms with Crippen LogP contribution in [0.25, 0.3) is 0 Å². The van der Waals surface area contributed by atoms with E-state index >= 15 is 0 Å². The molecule has 2 N–H and O–H groups in total. The van der Waals surface area contributed by atoms with Gasteiger partial charge in [0.2, 0.25) is 5.91 Å². The molecule has 67 heavy (non-hydrogen) atoms. The Morgan fingerprint density at radius 1 is 0.537 bits per heavy atom. The Hall–Kier alpha value is -2.58. The number of amides is 1. The molecular formula is C58H103N2O6P. The largest absolute Gasteiger partial charge is 0.756 e. The zero-order chi connectivity index (χ0) is 49.2. The molecule has 0 aliphatic rings. The molecule has 8 nitrogen and oxygen atoms in total. The molecule has 0 rings (SSSR count). The highest BCUT2D eigenvalue weighted by Gasteiger charge is 2.23. The van der Waals surface area contributed by atoms with E-state index in [1.165, 1.54) is 103 Å². The lowest BCUT2D eigenvalue weighted by Crippen LogP contribution is -2.45. The Morgan fingerprint density at radius 3 is 1.33 bits per heavy atom. The van der Waals surface area contributed by atoms with Gasteiger partial charge in [0.25, 0.3) is 7.82 Å². The summed E-state index contributed by atoms with van der Waals surface area (Å²) in [5, 5.41) is 13.6. The number of likely N-dealkylation sites (N-methyl/N-ethyl adjacent to an activating group) is 1. The molecule has 0 aromatic rings. The number of rotatable bonds is 48. The summed E-state index contributed by atoms with van der Waals surface area (Å²) >= 11 is 0. The van der Waals surface area contributed by atoms with E-state index in [1.54, 1.807) is 6.08 Å². The molecule has 0 aromatic heterocycles. The van der Waals surface area contributed by atoms with E-state index in [0.717, 1.165) is 89.9 Å². The van der Waals surface area contributed by atoms with Crippen LogP contribution < -0.4 is 10.2 Å². The minimum atomic E-state index is -4.58. The van der Waals surface area contributed by atoms with Gasteiger partial charge in [-0.05, 0) is 77.0 Å². The van der Waals surface area contributed by atoms with Crippen LogP contribution in [-0.2, 0) is 18.4 Å². The van der Waals surface area contributed by atoms with Crippen LogP contribution in [0.2, 0.25) is 0 Å². The molecular weight excluding hydrogens is 852 g/mol. The van der Waals surface area contributed by atoms with Crippen molar-refractivity contribution in [2.75, 3.05) is 40.9 Å². The van der Waals surface area contributed by atoms with Crippen molar-refractivity contribution in [2.24, 2.45) is 0 Å². The summed E-state index contributed by atoms with van der Waals surface area (Å²) in [5.74, 6) is -0.206. The van der Waals surface area contributed by atoms with Crippen molar-refractivity contribution in [1.82, 2.24) is 5.32 Å². The Bertz CT molecular complexity index is 1410. The van der Waals surface area contributed by atoms with Crippen LogP contribution in [0.1, 0.15) is 213 Å². The van der Waals surface area contributed by atoms with Gasteiger partial charge in [-0.25, -0.2) is 0 Å². The Kier molecular flexibility index (Phi) is 46.6. The van der Waals surface area contributed by atoms with E-state index in [-0.39, 0.29) is 19.1 Å². The molecule has 1 amide bonds. The maximum Gasteiger partial charge on any atom is 0.268 e. The number of hydrogen-bond donors (Lipinski definition) is 2. The third kappa shape index (κ3) is 51.1. The second-order valence-electron chi connectivity index (χ2n) is 19.2. The van der Waals surface area contributed by atoms with Gasteiger partial charge >= 0.3 is 0 Å². The normalized spacial score (nSPS) is 14.8. The summed E-state index contributed by atoms with van der Waals surface area (Å²) in [6, 6.07) is -0.886. The number of unbranched alkanes of at least 4 members (excludes halogenated alkanes) is 21. The number of quaternary nitrogens is 1. The first-order valence-corrected chi connectivity index (χ1v) is 28.6. The van der Waals surface area contributed by atoms with Crippen LogP contribution in [0.15, 0.2) is 97.2 Å². The fourth-order valence-electron chi connectivity index (χ4n) is 7.31. The first-order chi connectivity index (χ1) is 32.5. The molecule has 0 radical (unpaired) electrons. The second kappa shape index (κ2) is 48.4. The first-order valence-electron chi connectivity index (χ1n) is 27.1. The van der Waals surface area contributed by atoms with E-state index < -0.39 is 20.0 Å². The van der Waals surface area contributed by atoms with Crippen LogP contribution >= 0.6 is 7.82 Å². The van der Waals surface area contributed by atoms with Gasteiger partial charge in [-0.3, -0.25) is 9.36 Å². The van der Waals surface area contributed by atoms with Gasteiger partial charge in [0.1, 0.15) is 13.2 Å². The van der Waals surface area contributed by atoms with Crippen molar-refractivity contribution >= 4 is 13.7 Å². The summed E-state index contributed by atoms with van der Waals surface area (Å²) in [4.78, 5) is 25.2. The highest BCUT2D eigenvalue weighted by Crippen LogP contribution is 2.38. The molecule has 0 saturated carbocycles. The number of aliphatic hydroxyl groups is 1. The van der Waals surface area contributed by atoms with E-state index in [1.807, 2.05) is 27.2 Å². The smallest absolute Gasteiger partial charge is 0.268 e. The lowest BCUT2D eigenvalue weighted by Gasteiger charge is -2.29. The van der Waals surface area contributed by atoms with Crippen molar-refractivity contribution in [1.29, 1.82) is 0 Å². The number of phosphoric ester groups is 1. The van der Waals surface area contributed by atoms with E-state index in [2.05, 4.69) is 104 Å². The molecule has 386 valence electrons. The molecule has 0 bridgehead atoms. The molecule has 0 aliphatic carbocycles. The Labute approximate surface area is 413 Å². The number of phosphoric acid groups is 1. The summed E-state index contributed by atoms with van der Waals surface area (Å²) in [7, 11) is 1.25. The number of nitrogens with zero attached hydrogens (tertiary/aromatic N) is 1. The summed E-state index contributed by atoms with van der Waals surface area (Å²) < 4.78 is 23.1. The average Bonchev–Trinajstić information content (AvgIpc) is 3.29. The second-order valence-corrected chi connectivity index (χ2v) is 20.6. The standard InChI is InChI=1S/C58H103N2O6P/c1-6-8-10-12-14-15-16-17-18-19-20-21-22-23-24-25-26-27-28-29-30-31-32-33-34-35-36-37-38-39-40-41-42-43-44-45-46-48-50-52-58(62)59-56(57(61)51-49-47-13-11-9-7-2)55-66-67(63,64)65-54-53-60(3,4)5/h8,10,14-15,17-18,20-21,23-24,26-27,29-30,49,51,56-57,61H,6-7,9,11-13,16,19,22,25,28,31-48,50,52-55H2,1-5H3,(H-,59,62,63,64)/b10-8-,15-14-,18-17-,21-20-,24-23-,27-26-,30-29-,51-49+.